The Morgan fingerprint density at radius 2 is 2.25 bits per heavy atom. The molecule has 0 N–H and O–H groups in total. The van der Waals surface area contributed by atoms with Gasteiger partial charge < -0.3 is 4.57 Å². The van der Waals surface area contributed by atoms with Gasteiger partial charge in [0, 0.05) is 13.0 Å². The third-order valence-corrected chi connectivity index (χ3v) is 2.80. The highest BCUT2D eigenvalue weighted by atomic mass is 35.5. The second-order valence-corrected chi connectivity index (χ2v) is 3.75. The number of aromatic nitrogens is 3. The molecule has 2 unspecified atom stereocenters. The molecule has 0 amide bonds. The molecule has 1 aliphatic carbocycles. The number of hydrogen-bond acceptors (Lipinski definition) is 2. The van der Waals surface area contributed by atoms with E-state index in [1.807, 2.05) is 11.6 Å². The van der Waals surface area contributed by atoms with Gasteiger partial charge in [0.1, 0.15) is 11.6 Å². The lowest BCUT2D eigenvalue weighted by molar-refractivity contribution is 0.746. The predicted octanol–water partition coefficient (Wildman–Crippen LogP) is 1.68. The summed E-state index contributed by atoms with van der Waals surface area (Å²) in [5.74, 6) is 3.81. The van der Waals surface area contributed by atoms with Crippen LogP contribution in [0.5, 0.6) is 0 Å². The summed E-state index contributed by atoms with van der Waals surface area (Å²) in [6.45, 7) is 2.24. The van der Waals surface area contributed by atoms with E-state index in [0.29, 0.717) is 11.8 Å². The van der Waals surface area contributed by atoms with Crippen molar-refractivity contribution in [3.05, 3.63) is 11.6 Å². The van der Waals surface area contributed by atoms with Crippen molar-refractivity contribution in [1.82, 2.24) is 14.8 Å². The quantitative estimate of drug-likeness (QED) is 0.657. The van der Waals surface area contributed by atoms with Gasteiger partial charge in [-0.1, -0.05) is 6.92 Å². The zero-order valence-corrected chi connectivity index (χ0v) is 8.04. The van der Waals surface area contributed by atoms with Crippen molar-refractivity contribution in [2.75, 3.05) is 0 Å². The van der Waals surface area contributed by atoms with Crippen LogP contribution in [0.1, 0.15) is 30.9 Å². The molecule has 3 nitrogen and oxygen atoms in total. The first-order valence-corrected chi connectivity index (χ1v) is 4.71. The van der Waals surface area contributed by atoms with E-state index < -0.39 is 0 Å². The topological polar surface area (TPSA) is 30.7 Å². The number of nitrogens with zero attached hydrogens (tertiary/aromatic N) is 3. The van der Waals surface area contributed by atoms with Crippen LogP contribution in [0.15, 0.2) is 0 Å². The Morgan fingerprint density at radius 1 is 1.58 bits per heavy atom. The fraction of sp³-hybridized carbons (Fsp3) is 0.750. The monoisotopic (exact) mass is 185 g/mol. The third-order valence-electron chi connectivity index (χ3n) is 2.56. The largest absolute Gasteiger partial charge is 0.317 e. The lowest BCUT2D eigenvalue weighted by atomic mass is 10.3. The fourth-order valence-electron chi connectivity index (χ4n) is 1.50. The van der Waals surface area contributed by atoms with E-state index in [1.165, 1.54) is 6.42 Å². The number of hydrogen-bond donors (Lipinski definition) is 0. The van der Waals surface area contributed by atoms with E-state index in [1.54, 1.807) is 0 Å². The third kappa shape index (κ3) is 1.12. The summed E-state index contributed by atoms with van der Waals surface area (Å²) in [4.78, 5) is 0. The van der Waals surface area contributed by atoms with Crippen LogP contribution in [0.3, 0.4) is 0 Å². The van der Waals surface area contributed by atoms with Crippen molar-refractivity contribution in [2.24, 2.45) is 13.0 Å². The van der Waals surface area contributed by atoms with Gasteiger partial charge in [-0.05, 0) is 12.3 Å². The molecule has 0 spiro atoms. The van der Waals surface area contributed by atoms with Gasteiger partial charge >= 0.3 is 0 Å². The summed E-state index contributed by atoms with van der Waals surface area (Å²) in [6.07, 6.45) is 1.24. The maximum atomic E-state index is 5.68. The highest BCUT2D eigenvalue weighted by Gasteiger charge is 2.37. The molecule has 1 fully saturated rings. The average Bonchev–Trinajstić information content (AvgIpc) is 2.63. The molecule has 1 saturated carbocycles. The molecule has 12 heavy (non-hydrogen) atoms. The first-order valence-electron chi connectivity index (χ1n) is 4.18. The van der Waals surface area contributed by atoms with Crippen molar-refractivity contribution in [1.29, 1.82) is 0 Å². The van der Waals surface area contributed by atoms with Crippen LogP contribution < -0.4 is 0 Å². The number of halogens is 1. The van der Waals surface area contributed by atoms with Gasteiger partial charge in [0.05, 0.1) is 5.88 Å². The second-order valence-electron chi connectivity index (χ2n) is 3.49. The van der Waals surface area contributed by atoms with Gasteiger partial charge in [-0.15, -0.1) is 21.8 Å². The molecule has 0 bridgehead atoms. The van der Waals surface area contributed by atoms with Crippen LogP contribution in [-0.2, 0) is 12.9 Å². The number of alkyl halides is 1. The van der Waals surface area contributed by atoms with Gasteiger partial charge in [0.25, 0.3) is 0 Å². The van der Waals surface area contributed by atoms with E-state index in [9.17, 15) is 0 Å². The molecule has 0 aromatic carbocycles. The van der Waals surface area contributed by atoms with Gasteiger partial charge in [0.15, 0.2) is 0 Å². The molecular weight excluding hydrogens is 174 g/mol. The molecule has 0 radical (unpaired) electrons. The van der Waals surface area contributed by atoms with Gasteiger partial charge in [-0.25, -0.2) is 0 Å². The van der Waals surface area contributed by atoms with Crippen molar-refractivity contribution in [3.63, 3.8) is 0 Å². The molecule has 1 aromatic heterocycles. The Kier molecular flexibility index (Phi) is 1.83. The van der Waals surface area contributed by atoms with Crippen LogP contribution in [-0.4, -0.2) is 14.8 Å². The highest BCUT2D eigenvalue weighted by Crippen LogP contribution is 2.45. The smallest absolute Gasteiger partial charge is 0.147 e. The molecule has 0 saturated heterocycles. The SMILES string of the molecule is CC1CC1c1nnc(CCl)n1C. The van der Waals surface area contributed by atoms with Crippen LogP contribution in [0.4, 0.5) is 0 Å². The van der Waals surface area contributed by atoms with Gasteiger partial charge in [0.2, 0.25) is 0 Å². The van der Waals surface area contributed by atoms with E-state index in [2.05, 4.69) is 17.1 Å². The van der Waals surface area contributed by atoms with E-state index >= 15 is 0 Å². The molecule has 1 heterocycles. The number of rotatable bonds is 2. The highest BCUT2D eigenvalue weighted by molar-refractivity contribution is 6.16. The molecule has 1 aliphatic rings. The summed E-state index contributed by atoms with van der Waals surface area (Å²) in [5.41, 5.74) is 0. The summed E-state index contributed by atoms with van der Waals surface area (Å²) in [5, 5.41) is 8.14. The maximum absolute atomic E-state index is 5.68. The van der Waals surface area contributed by atoms with Crippen LogP contribution in [0.2, 0.25) is 0 Å². The zero-order valence-electron chi connectivity index (χ0n) is 7.29. The normalized spacial score (nSPS) is 27.6. The Balaban J connectivity index is 2.27. The fourth-order valence-corrected chi connectivity index (χ4v) is 1.73. The zero-order chi connectivity index (χ0) is 8.72. The second kappa shape index (κ2) is 2.73. The van der Waals surface area contributed by atoms with E-state index in [4.69, 9.17) is 11.6 Å². The summed E-state index contributed by atoms with van der Waals surface area (Å²) in [6, 6.07) is 0. The summed E-state index contributed by atoms with van der Waals surface area (Å²) >= 11 is 5.68. The summed E-state index contributed by atoms with van der Waals surface area (Å²) in [7, 11) is 1.98. The van der Waals surface area contributed by atoms with Gasteiger partial charge in [-0.2, -0.15) is 0 Å². The molecule has 66 valence electrons. The standard InChI is InChI=1S/C8H12ClN3/c1-5-3-6(5)8-11-10-7(4-9)12(8)2/h5-6H,3-4H2,1-2H3. The molecule has 4 heteroatoms. The molecule has 0 aliphatic heterocycles. The van der Waals surface area contributed by atoms with Gasteiger partial charge in [-0.3, -0.25) is 0 Å². The first-order chi connectivity index (χ1) is 5.74. The van der Waals surface area contributed by atoms with Crippen molar-refractivity contribution in [2.45, 2.75) is 25.1 Å². The minimum atomic E-state index is 0.449. The molecule has 1 aromatic rings. The van der Waals surface area contributed by atoms with E-state index in [0.717, 1.165) is 17.6 Å². The minimum Gasteiger partial charge on any atom is -0.317 e. The Bertz CT molecular complexity index is 294. The minimum absolute atomic E-state index is 0.449. The van der Waals surface area contributed by atoms with Crippen LogP contribution >= 0.6 is 11.6 Å². The molecule has 2 rings (SSSR count). The molecular formula is C8H12ClN3. The van der Waals surface area contributed by atoms with E-state index in [-0.39, 0.29) is 0 Å². The Morgan fingerprint density at radius 3 is 2.67 bits per heavy atom. The maximum Gasteiger partial charge on any atom is 0.147 e. The lowest BCUT2D eigenvalue weighted by Crippen LogP contribution is -1.99. The van der Waals surface area contributed by atoms with Crippen molar-refractivity contribution >= 4 is 11.6 Å². The first kappa shape index (κ1) is 8.05. The Hall–Kier alpha value is -0.570. The summed E-state index contributed by atoms with van der Waals surface area (Å²) < 4.78 is 2.02. The Labute approximate surface area is 76.7 Å². The van der Waals surface area contributed by atoms with Crippen molar-refractivity contribution < 1.29 is 0 Å². The average molecular weight is 186 g/mol. The molecule has 2 atom stereocenters. The lowest BCUT2D eigenvalue weighted by Gasteiger charge is -1.99. The predicted molar refractivity (Wildman–Crippen MR) is 47.1 cm³/mol. The van der Waals surface area contributed by atoms with Crippen LogP contribution in [0.25, 0.3) is 0 Å². The van der Waals surface area contributed by atoms with Crippen LogP contribution in [0, 0.1) is 5.92 Å². The van der Waals surface area contributed by atoms with Crippen molar-refractivity contribution in [3.8, 4) is 0 Å².